The molecule has 2 atom stereocenters. The van der Waals surface area contributed by atoms with E-state index < -0.39 is 0 Å². The molecule has 0 saturated heterocycles. The van der Waals surface area contributed by atoms with Crippen molar-refractivity contribution < 1.29 is 0 Å². The van der Waals surface area contributed by atoms with Crippen LogP contribution in [0.25, 0.3) is 0 Å². The van der Waals surface area contributed by atoms with Crippen LogP contribution in [0.15, 0.2) is 54.9 Å². The van der Waals surface area contributed by atoms with Crippen LogP contribution in [0.5, 0.6) is 0 Å². The van der Waals surface area contributed by atoms with Gasteiger partial charge in [-0.15, -0.1) is 0 Å². The number of rotatable bonds is 6. The Balaban J connectivity index is 1.97. The summed E-state index contributed by atoms with van der Waals surface area (Å²) in [6, 6.07) is 15.7. The molecule has 112 valence electrons. The molecule has 2 unspecified atom stereocenters. The lowest BCUT2D eigenvalue weighted by Gasteiger charge is -2.31. The molecular formula is C19H26N2. The van der Waals surface area contributed by atoms with E-state index in [9.17, 15) is 0 Å². The van der Waals surface area contributed by atoms with Crippen molar-refractivity contribution in [3.05, 3.63) is 66.0 Å². The molecule has 0 bridgehead atoms. The first-order valence-corrected chi connectivity index (χ1v) is 7.70. The molecule has 2 aromatic rings. The second-order valence-electron chi connectivity index (χ2n) is 6.52. The van der Waals surface area contributed by atoms with Gasteiger partial charge in [0.15, 0.2) is 0 Å². The first-order chi connectivity index (χ1) is 9.99. The van der Waals surface area contributed by atoms with E-state index in [1.165, 1.54) is 11.1 Å². The van der Waals surface area contributed by atoms with Crippen LogP contribution < -0.4 is 5.32 Å². The van der Waals surface area contributed by atoms with Gasteiger partial charge in [-0.05, 0) is 48.9 Å². The molecule has 2 rings (SSSR count). The molecule has 0 spiro atoms. The van der Waals surface area contributed by atoms with E-state index in [2.05, 4.69) is 80.5 Å². The molecule has 1 N–H and O–H groups in total. The minimum absolute atomic E-state index is 0.172. The van der Waals surface area contributed by atoms with Crippen LogP contribution in [0, 0.1) is 0 Å². The van der Waals surface area contributed by atoms with Gasteiger partial charge in [-0.1, -0.05) is 44.2 Å². The largest absolute Gasteiger partial charge is 0.308 e. The topological polar surface area (TPSA) is 24.9 Å². The Bertz CT molecular complexity index is 534. The number of aromatic nitrogens is 1. The quantitative estimate of drug-likeness (QED) is 0.844. The van der Waals surface area contributed by atoms with Gasteiger partial charge in [0.1, 0.15) is 0 Å². The van der Waals surface area contributed by atoms with Gasteiger partial charge in [-0.2, -0.15) is 0 Å². The van der Waals surface area contributed by atoms with Gasteiger partial charge >= 0.3 is 0 Å². The second kappa shape index (κ2) is 6.86. The predicted octanol–water partition coefficient (Wildman–Crippen LogP) is 4.49. The maximum Gasteiger partial charge on any atom is 0.0295 e. The summed E-state index contributed by atoms with van der Waals surface area (Å²) in [6.45, 7) is 9.11. The molecule has 0 radical (unpaired) electrons. The van der Waals surface area contributed by atoms with Crippen LogP contribution in [-0.4, -0.2) is 11.0 Å². The van der Waals surface area contributed by atoms with E-state index in [-0.39, 0.29) is 5.41 Å². The summed E-state index contributed by atoms with van der Waals surface area (Å²) >= 11 is 0. The molecule has 1 aromatic carbocycles. The highest BCUT2D eigenvalue weighted by molar-refractivity contribution is 5.23. The number of hydrogen-bond donors (Lipinski definition) is 1. The number of nitrogens with one attached hydrogen (secondary N) is 1. The van der Waals surface area contributed by atoms with Crippen molar-refractivity contribution in [2.75, 3.05) is 0 Å². The van der Waals surface area contributed by atoms with Gasteiger partial charge in [-0.25, -0.2) is 0 Å². The molecule has 2 nitrogen and oxygen atoms in total. The molecular weight excluding hydrogens is 256 g/mol. The number of benzene rings is 1. The fourth-order valence-corrected chi connectivity index (χ4v) is 3.01. The Morgan fingerprint density at radius 3 is 2.24 bits per heavy atom. The minimum Gasteiger partial charge on any atom is -0.308 e. The Kier molecular flexibility index (Phi) is 5.13. The smallest absolute Gasteiger partial charge is 0.0295 e. The average molecular weight is 282 g/mol. The van der Waals surface area contributed by atoms with Gasteiger partial charge in [0.25, 0.3) is 0 Å². The summed E-state index contributed by atoms with van der Waals surface area (Å²) in [6.07, 6.45) is 4.81. The van der Waals surface area contributed by atoms with E-state index >= 15 is 0 Å². The molecule has 1 heterocycles. The lowest BCUT2D eigenvalue weighted by atomic mass is 9.79. The maximum absolute atomic E-state index is 4.08. The van der Waals surface area contributed by atoms with Crippen molar-refractivity contribution >= 4 is 0 Å². The molecule has 0 fully saturated rings. The highest BCUT2D eigenvalue weighted by atomic mass is 14.9. The third kappa shape index (κ3) is 4.40. The molecule has 21 heavy (non-hydrogen) atoms. The van der Waals surface area contributed by atoms with Crippen LogP contribution >= 0.6 is 0 Å². The van der Waals surface area contributed by atoms with Crippen molar-refractivity contribution in [2.45, 2.75) is 51.6 Å². The minimum atomic E-state index is 0.172. The Labute approximate surface area is 128 Å². The summed E-state index contributed by atoms with van der Waals surface area (Å²) < 4.78 is 0. The lowest BCUT2D eigenvalue weighted by molar-refractivity contribution is 0.366. The molecule has 0 aliphatic heterocycles. The van der Waals surface area contributed by atoms with E-state index in [1.54, 1.807) is 0 Å². The SMILES string of the molecule is CC(CC(C)(C)c1ccccc1)NC(C)c1ccncc1. The zero-order valence-electron chi connectivity index (χ0n) is 13.5. The monoisotopic (exact) mass is 282 g/mol. The standard InChI is InChI=1S/C19H26N2/c1-15(21-16(2)17-10-12-20-13-11-17)14-19(3,4)18-8-6-5-7-9-18/h5-13,15-16,21H,14H2,1-4H3. The first kappa shape index (κ1) is 15.7. The predicted molar refractivity (Wildman–Crippen MR) is 89.3 cm³/mol. The summed E-state index contributed by atoms with van der Waals surface area (Å²) in [5.41, 5.74) is 2.86. The van der Waals surface area contributed by atoms with E-state index in [0.717, 1.165) is 6.42 Å². The van der Waals surface area contributed by atoms with Gasteiger partial charge in [0.2, 0.25) is 0 Å². The van der Waals surface area contributed by atoms with Crippen molar-refractivity contribution in [3.63, 3.8) is 0 Å². The first-order valence-electron chi connectivity index (χ1n) is 7.70. The number of nitrogens with zero attached hydrogens (tertiary/aromatic N) is 1. The van der Waals surface area contributed by atoms with E-state index in [4.69, 9.17) is 0 Å². The third-order valence-electron chi connectivity index (χ3n) is 4.11. The average Bonchev–Trinajstić information content (AvgIpc) is 2.48. The Morgan fingerprint density at radius 2 is 1.62 bits per heavy atom. The highest BCUT2D eigenvalue weighted by Gasteiger charge is 2.23. The molecule has 2 heteroatoms. The van der Waals surface area contributed by atoms with Crippen molar-refractivity contribution in [1.82, 2.24) is 10.3 Å². The molecule has 0 aliphatic carbocycles. The van der Waals surface area contributed by atoms with Crippen LogP contribution in [0.4, 0.5) is 0 Å². The van der Waals surface area contributed by atoms with Crippen LogP contribution in [0.3, 0.4) is 0 Å². The zero-order chi connectivity index (χ0) is 15.3. The lowest BCUT2D eigenvalue weighted by Crippen LogP contribution is -2.34. The van der Waals surface area contributed by atoms with Gasteiger partial charge in [0, 0.05) is 24.5 Å². The highest BCUT2D eigenvalue weighted by Crippen LogP contribution is 2.28. The summed E-state index contributed by atoms with van der Waals surface area (Å²) in [4.78, 5) is 4.08. The van der Waals surface area contributed by atoms with E-state index in [1.807, 2.05) is 12.4 Å². The van der Waals surface area contributed by atoms with Crippen molar-refractivity contribution in [3.8, 4) is 0 Å². The summed E-state index contributed by atoms with van der Waals surface area (Å²) in [5, 5.41) is 3.69. The normalized spacial score (nSPS) is 14.7. The van der Waals surface area contributed by atoms with Crippen LogP contribution in [0.1, 0.15) is 51.3 Å². The molecule has 0 amide bonds. The van der Waals surface area contributed by atoms with E-state index in [0.29, 0.717) is 12.1 Å². The van der Waals surface area contributed by atoms with Gasteiger partial charge in [0.05, 0.1) is 0 Å². The van der Waals surface area contributed by atoms with Crippen molar-refractivity contribution in [1.29, 1.82) is 0 Å². The third-order valence-corrected chi connectivity index (χ3v) is 4.11. The Morgan fingerprint density at radius 1 is 1.00 bits per heavy atom. The fourth-order valence-electron chi connectivity index (χ4n) is 3.01. The number of pyridine rings is 1. The zero-order valence-corrected chi connectivity index (χ0v) is 13.5. The second-order valence-corrected chi connectivity index (χ2v) is 6.52. The molecule has 1 aromatic heterocycles. The number of hydrogen-bond acceptors (Lipinski definition) is 2. The summed E-state index contributed by atoms with van der Waals surface area (Å²) in [5.74, 6) is 0. The van der Waals surface area contributed by atoms with Crippen LogP contribution in [-0.2, 0) is 5.41 Å². The van der Waals surface area contributed by atoms with Gasteiger partial charge in [-0.3, -0.25) is 4.98 Å². The molecule has 0 aliphatic rings. The molecule has 0 saturated carbocycles. The van der Waals surface area contributed by atoms with Gasteiger partial charge < -0.3 is 5.32 Å². The fraction of sp³-hybridized carbons (Fsp3) is 0.421. The maximum atomic E-state index is 4.08. The van der Waals surface area contributed by atoms with Crippen molar-refractivity contribution in [2.24, 2.45) is 0 Å². The van der Waals surface area contributed by atoms with Crippen LogP contribution in [0.2, 0.25) is 0 Å². The summed E-state index contributed by atoms with van der Waals surface area (Å²) in [7, 11) is 0. The Hall–Kier alpha value is -1.67.